The van der Waals surface area contributed by atoms with Crippen LogP contribution in [0.4, 0.5) is 5.82 Å². The minimum atomic E-state index is -0.582. The fourth-order valence-electron chi connectivity index (χ4n) is 3.78. The number of aliphatic hydroxyl groups is 2. The Morgan fingerprint density at radius 3 is 2.36 bits per heavy atom. The Balaban J connectivity index is 0.000000570. The lowest BCUT2D eigenvalue weighted by molar-refractivity contribution is 0.108. The summed E-state index contributed by atoms with van der Waals surface area (Å²) in [6.07, 6.45) is 3.88. The van der Waals surface area contributed by atoms with Gasteiger partial charge in [0.25, 0.3) is 0 Å². The van der Waals surface area contributed by atoms with Gasteiger partial charge < -0.3 is 30.1 Å². The minimum Gasteiger partial charge on any atom is -0.491 e. The third kappa shape index (κ3) is 7.74. The number of aryl methyl sites for hydroxylation is 2. The molecule has 2 aromatic heterocycles. The Hall–Kier alpha value is -3.01. The van der Waals surface area contributed by atoms with Crippen LogP contribution in [0.3, 0.4) is 0 Å². The number of anilines is 1. The molecular formula is C27H41N5O4. The van der Waals surface area contributed by atoms with E-state index in [1.165, 1.54) is 19.3 Å². The van der Waals surface area contributed by atoms with Crippen LogP contribution in [0.25, 0.3) is 22.6 Å². The van der Waals surface area contributed by atoms with Gasteiger partial charge in [0, 0.05) is 31.8 Å². The molecule has 9 nitrogen and oxygen atoms in total. The molecule has 4 N–H and O–H groups in total. The molecule has 0 aliphatic heterocycles. The molecular weight excluding hydrogens is 458 g/mol. The molecule has 1 aliphatic rings. The van der Waals surface area contributed by atoms with Gasteiger partial charge in [0.2, 0.25) is 0 Å². The van der Waals surface area contributed by atoms with E-state index in [2.05, 4.69) is 27.7 Å². The van der Waals surface area contributed by atoms with Gasteiger partial charge in [0.15, 0.2) is 5.82 Å². The van der Waals surface area contributed by atoms with Crippen molar-refractivity contribution in [3.63, 3.8) is 0 Å². The van der Waals surface area contributed by atoms with Crippen LogP contribution in [0.15, 0.2) is 28.8 Å². The normalized spacial score (nSPS) is 13.5. The molecule has 3 aromatic rings. The van der Waals surface area contributed by atoms with E-state index in [1.807, 2.05) is 52.1 Å². The Kier molecular flexibility index (Phi) is 11.8. The molecule has 0 saturated heterocycles. The van der Waals surface area contributed by atoms with E-state index in [0.717, 1.165) is 46.9 Å². The molecule has 1 atom stereocenters. The number of nitrogens with one attached hydrogen (secondary N) is 2. The summed E-state index contributed by atoms with van der Waals surface area (Å²) in [6.45, 7) is 8.72. The Bertz CT molecular complexity index is 1060. The summed E-state index contributed by atoms with van der Waals surface area (Å²) in [6, 6.07) is 7.52. The van der Waals surface area contributed by atoms with Gasteiger partial charge in [-0.25, -0.2) is 9.97 Å². The van der Waals surface area contributed by atoms with Gasteiger partial charge >= 0.3 is 0 Å². The molecule has 0 amide bonds. The third-order valence-corrected chi connectivity index (χ3v) is 6.02. The summed E-state index contributed by atoms with van der Waals surface area (Å²) in [5, 5.41) is 27.0. The standard InChI is InChI=1S/C21H27N5O3.C5H10.CH4O/c1-12-19(18-13(2)26-29-14(18)3)24-21(25-20(12)23-5)15-7-6-8-17(9-15)28-11-16(27)10-22-4;1-5-3-2-4-5;1-2/h6-9,16,22,27H,10-11H2,1-5H3,(H,23,24,25);5H,2-4H2,1H3;2H,1H3. The molecule has 1 aromatic carbocycles. The highest BCUT2D eigenvalue weighted by Crippen LogP contribution is 2.33. The largest absolute Gasteiger partial charge is 0.491 e. The van der Waals surface area contributed by atoms with Crippen molar-refractivity contribution in [1.82, 2.24) is 20.4 Å². The predicted octanol–water partition coefficient (Wildman–Crippen LogP) is 4.14. The van der Waals surface area contributed by atoms with E-state index >= 15 is 0 Å². The molecule has 1 unspecified atom stereocenters. The number of aliphatic hydroxyl groups excluding tert-OH is 2. The summed E-state index contributed by atoms with van der Waals surface area (Å²) in [5.41, 5.74) is 4.19. The van der Waals surface area contributed by atoms with Gasteiger partial charge in [-0.2, -0.15) is 0 Å². The number of aromatic nitrogens is 3. The zero-order valence-electron chi connectivity index (χ0n) is 22.6. The average Bonchev–Trinajstić information content (AvgIpc) is 3.21. The summed E-state index contributed by atoms with van der Waals surface area (Å²) < 4.78 is 11.1. The van der Waals surface area contributed by atoms with Gasteiger partial charge in [-0.3, -0.25) is 0 Å². The van der Waals surface area contributed by atoms with Crippen molar-refractivity contribution in [3.05, 3.63) is 41.3 Å². The van der Waals surface area contributed by atoms with E-state index in [0.29, 0.717) is 23.9 Å². The first-order chi connectivity index (χ1) is 17.3. The van der Waals surface area contributed by atoms with Crippen LogP contribution in [-0.4, -0.2) is 65.8 Å². The first-order valence-electron chi connectivity index (χ1n) is 12.3. The number of hydrogen-bond acceptors (Lipinski definition) is 9. The highest BCUT2D eigenvalue weighted by Gasteiger charge is 2.20. The lowest BCUT2D eigenvalue weighted by atomic mass is 9.88. The number of hydrogen-bond donors (Lipinski definition) is 4. The maximum Gasteiger partial charge on any atom is 0.162 e. The third-order valence-electron chi connectivity index (χ3n) is 6.02. The maximum atomic E-state index is 9.85. The first-order valence-corrected chi connectivity index (χ1v) is 12.3. The SMILES string of the molecule is CC1CCC1.CNCC(O)COc1cccc(-c2nc(NC)c(C)c(-c3c(C)noc3C)n2)c1.CO. The molecule has 9 heteroatoms. The Labute approximate surface area is 214 Å². The van der Waals surface area contributed by atoms with Crippen LogP contribution < -0.4 is 15.4 Å². The first kappa shape index (κ1) is 29.2. The van der Waals surface area contributed by atoms with Crippen LogP contribution in [0.1, 0.15) is 43.2 Å². The van der Waals surface area contributed by atoms with Crippen LogP contribution in [0.2, 0.25) is 0 Å². The highest BCUT2D eigenvalue weighted by atomic mass is 16.5. The molecule has 1 aliphatic carbocycles. The van der Waals surface area contributed by atoms with Crippen molar-refractivity contribution in [2.75, 3.05) is 39.7 Å². The van der Waals surface area contributed by atoms with E-state index in [-0.39, 0.29) is 6.61 Å². The average molecular weight is 500 g/mol. The summed E-state index contributed by atoms with van der Waals surface area (Å²) in [4.78, 5) is 9.48. The second-order valence-electron chi connectivity index (χ2n) is 8.91. The molecule has 0 bridgehead atoms. The molecule has 1 fully saturated rings. The lowest BCUT2D eigenvalue weighted by Crippen LogP contribution is -2.29. The fraction of sp³-hybridized carbons (Fsp3) is 0.519. The predicted molar refractivity (Wildman–Crippen MR) is 143 cm³/mol. The van der Waals surface area contributed by atoms with Crippen LogP contribution in [-0.2, 0) is 0 Å². The Morgan fingerprint density at radius 2 is 1.83 bits per heavy atom. The van der Waals surface area contributed by atoms with E-state index in [1.54, 1.807) is 7.05 Å². The molecule has 198 valence electrons. The maximum absolute atomic E-state index is 9.85. The van der Waals surface area contributed by atoms with Crippen molar-refractivity contribution < 1.29 is 19.5 Å². The van der Waals surface area contributed by atoms with Gasteiger partial charge in [-0.15, -0.1) is 0 Å². The van der Waals surface area contributed by atoms with E-state index < -0.39 is 6.10 Å². The molecule has 4 rings (SSSR count). The number of likely N-dealkylation sites (N-methyl/N-ethyl adjacent to an activating group) is 1. The Morgan fingerprint density at radius 1 is 1.14 bits per heavy atom. The zero-order chi connectivity index (χ0) is 26.7. The molecule has 2 heterocycles. The van der Waals surface area contributed by atoms with Crippen molar-refractivity contribution >= 4 is 5.82 Å². The quantitative estimate of drug-likeness (QED) is 0.362. The number of ether oxygens (including phenoxy) is 1. The lowest BCUT2D eigenvalue weighted by Gasteiger charge is -2.18. The van der Waals surface area contributed by atoms with E-state index in [4.69, 9.17) is 19.4 Å². The van der Waals surface area contributed by atoms with Crippen molar-refractivity contribution in [2.24, 2.45) is 5.92 Å². The number of rotatable bonds is 8. The molecule has 36 heavy (non-hydrogen) atoms. The molecule has 1 saturated carbocycles. The second kappa shape index (κ2) is 14.5. The number of benzene rings is 1. The van der Waals surface area contributed by atoms with Gasteiger partial charge in [0.1, 0.15) is 30.0 Å². The second-order valence-corrected chi connectivity index (χ2v) is 8.91. The highest BCUT2D eigenvalue weighted by molar-refractivity contribution is 5.74. The monoisotopic (exact) mass is 499 g/mol. The topological polar surface area (TPSA) is 126 Å². The number of nitrogens with zero attached hydrogens (tertiary/aromatic N) is 3. The van der Waals surface area contributed by atoms with Gasteiger partial charge in [-0.05, 0) is 45.9 Å². The summed E-state index contributed by atoms with van der Waals surface area (Å²) in [7, 11) is 4.62. The zero-order valence-corrected chi connectivity index (χ0v) is 22.6. The van der Waals surface area contributed by atoms with E-state index in [9.17, 15) is 5.11 Å². The van der Waals surface area contributed by atoms with Crippen molar-refractivity contribution in [1.29, 1.82) is 0 Å². The summed E-state index contributed by atoms with van der Waals surface area (Å²) >= 11 is 0. The van der Waals surface area contributed by atoms with Crippen LogP contribution in [0, 0.1) is 26.7 Å². The van der Waals surface area contributed by atoms with Crippen LogP contribution in [0.5, 0.6) is 5.75 Å². The van der Waals surface area contributed by atoms with Crippen LogP contribution >= 0.6 is 0 Å². The minimum absolute atomic E-state index is 0.200. The van der Waals surface area contributed by atoms with Gasteiger partial charge in [0.05, 0.1) is 17.0 Å². The van der Waals surface area contributed by atoms with Gasteiger partial charge in [-0.1, -0.05) is 43.5 Å². The van der Waals surface area contributed by atoms with Crippen molar-refractivity contribution in [2.45, 2.75) is 53.1 Å². The molecule has 0 radical (unpaired) electrons. The molecule has 0 spiro atoms. The fourth-order valence-corrected chi connectivity index (χ4v) is 3.78. The summed E-state index contributed by atoms with van der Waals surface area (Å²) in [5.74, 6) is 3.73. The smallest absolute Gasteiger partial charge is 0.162 e. The van der Waals surface area contributed by atoms with Crippen molar-refractivity contribution in [3.8, 4) is 28.4 Å².